The fourth-order valence-electron chi connectivity index (χ4n) is 0.970. The second kappa shape index (κ2) is 2.53. The van der Waals surface area contributed by atoms with Crippen molar-refractivity contribution in [2.75, 3.05) is 6.26 Å². The highest BCUT2D eigenvalue weighted by atomic mass is 32.2. The standard InChI is InChI=1S/C8H12S/c1-7(2)8-5-4-6-9(8)3/h5-6H,1,4H2,2-3H3. The Labute approximate surface area is 59.2 Å². The summed E-state index contributed by atoms with van der Waals surface area (Å²) in [6.07, 6.45) is 5.65. The van der Waals surface area contributed by atoms with Crippen molar-refractivity contribution in [2.45, 2.75) is 13.3 Å². The van der Waals surface area contributed by atoms with Crippen LogP contribution in [0, 0.1) is 0 Å². The lowest BCUT2D eigenvalue weighted by molar-refractivity contribution is 1.48. The van der Waals surface area contributed by atoms with E-state index in [0.29, 0.717) is 10.5 Å². The molecule has 0 nitrogen and oxygen atoms in total. The van der Waals surface area contributed by atoms with Crippen molar-refractivity contribution in [1.29, 1.82) is 0 Å². The largest absolute Gasteiger partial charge is 0.162 e. The predicted octanol–water partition coefficient (Wildman–Crippen LogP) is 2.55. The molecule has 1 heteroatoms. The van der Waals surface area contributed by atoms with E-state index in [1.54, 1.807) is 0 Å². The van der Waals surface area contributed by atoms with Crippen LogP contribution in [0.1, 0.15) is 13.3 Å². The normalized spacial score (nSPS) is 25.1. The summed E-state index contributed by atoms with van der Waals surface area (Å²) >= 11 is 0. The van der Waals surface area contributed by atoms with Crippen molar-refractivity contribution in [3.05, 3.63) is 23.1 Å². The second-order valence-electron chi connectivity index (χ2n) is 2.31. The molecule has 0 radical (unpaired) electrons. The van der Waals surface area contributed by atoms with Gasteiger partial charge in [0.25, 0.3) is 0 Å². The summed E-state index contributed by atoms with van der Waals surface area (Å²) in [6.45, 7) is 5.98. The SMILES string of the molecule is C=C(C)C1=CCC=S1C. The summed E-state index contributed by atoms with van der Waals surface area (Å²) < 4.78 is 0. The van der Waals surface area contributed by atoms with E-state index in [-0.39, 0.29) is 0 Å². The molecule has 1 atom stereocenters. The van der Waals surface area contributed by atoms with Gasteiger partial charge in [0, 0.05) is 0 Å². The third-order valence-electron chi connectivity index (χ3n) is 1.42. The summed E-state index contributed by atoms with van der Waals surface area (Å²) in [5.41, 5.74) is 1.23. The topological polar surface area (TPSA) is 0 Å². The third kappa shape index (κ3) is 1.33. The van der Waals surface area contributed by atoms with Crippen LogP contribution >= 0.6 is 10.5 Å². The maximum atomic E-state index is 3.91. The molecule has 50 valence electrons. The Kier molecular flexibility index (Phi) is 1.91. The van der Waals surface area contributed by atoms with Gasteiger partial charge < -0.3 is 0 Å². The van der Waals surface area contributed by atoms with Crippen molar-refractivity contribution < 1.29 is 0 Å². The molecule has 0 fully saturated rings. The number of hydrogen-bond donors (Lipinski definition) is 0. The van der Waals surface area contributed by atoms with Crippen molar-refractivity contribution in [2.24, 2.45) is 0 Å². The average molecular weight is 140 g/mol. The molecule has 0 aromatic carbocycles. The Bertz CT molecular complexity index is 197. The van der Waals surface area contributed by atoms with E-state index in [0.717, 1.165) is 6.42 Å². The van der Waals surface area contributed by atoms with Crippen LogP contribution < -0.4 is 0 Å². The molecule has 0 spiro atoms. The average Bonchev–Trinajstić information content (AvgIpc) is 2.13. The Hall–Kier alpha value is -0.300. The molecule has 0 N–H and O–H groups in total. The minimum atomic E-state index is 0.396. The fraction of sp³-hybridized carbons (Fsp3) is 0.375. The van der Waals surface area contributed by atoms with E-state index in [1.165, 1.54) is 10.5 Å². The Morgan fingerprint density at radius 2 is 2.44 bits per heavy atom. The first kappa shape index (κ1) is 6.81. The summed E-state index contributed by atoms with van der Waals surface area (Å²) in [4.78, 5) is 1.45. The fourth-order valence-corrected chi connectivity index (χ4v) is 2.44. The summed E-state index contributed by atoms with van der Waals surface area (Å²) in [5.74, 6) is 0. The maximum Gasteiger partial charge on any atom is -0.000218 e. The molecule has 1 heterocycles. The van der Waals surface area contributed by atoms with Crippen LogP contribution in [-0.4, -0.2) is 11.6 Å². The molecule has 0 amide bonds. The van der Waals surface area contributed by atoms with Gasteiger partial charge in [-0.1, -0.05) is 18.0 Å². The molecule has 0 bridgehead atoms. The highest BCUT2D eigenvalue weighted by molar-refractivity contribution is 8.18. The Morgan fingerprint density at radius 3 is 2.67 bits per heavy atom. The summed E-state index contributed by atoms with van der Waals surface area (Å²) in [5, 5.41) is 2.34. The van der Waals surface area contributed by atoms with Gasteiger partial charge >= 0.3 is 0 Å². The van der Waals surface area contributed by atoms with Crippen molar-refractivity contribution >= 4 is 15.9 Å². The minimum Gasteiger partial charge on any atom is -0.162 e. The molecule has 0 saturated carbocycles. The lowest BCUT2D eigenvalue weighted by Gasteiger charge is -2.01. The van der Waals surface area contributed by atoms with Crippen LogP contribution in [0.2, 0.25) is 0 Å². The molecule has 0 aromatic rings. The van der Waals surface area contributed by atoms with E-state index in [2.05, 4.69) is 31.2 Å². The van der Waals surface area contributed by atoms with Crippen molar-refractivity contribution in [3.63, 3.8) is 0 Å². The van der Waals surface area contributed by atoms with E-state index in [1.807, 2.05) is 0 Å². The zero-order valence-corrected chi connectivity index (χ0v) is 6.79. The van der Waals surface area contributed by atoms with Crippen LogP contribution in [0.3, 0.4) is 0 Å². The number of hydrogen-bond acceptors (Lipinski definition) is 0. The first-order chi connectivity index (χ1) is 4.22. The summed E-state index contributed by atoms with van der Waals surface area (Å²) in [7, 11) is 0.396. The number of rotatable bonds is 1. The molecule has 0 aromatic heterocycles. The van der Waals surface area contributed by atoms with Crippen molar-refractivity contribution in [1.82, 2.24) is 0 Å². The van der Waals surface area contributed by atoms with E-state index in [9.17, 15) is 0 Å². The van der Waals surface area contributed by atoms with Gasteiger partial charge in [-0.25, -0.2) is 0 Å². The van der Waals surface area contributed by atoms with Gasteiger partial charge in [0.05, 0.1) is 0 Å². The minimum absolute atomic E-state index is 0.396. The van der Waals surface area contributed by atoms with Gasteiger partial charge in [-0.05, 0) is 30.1 Å². The third-order valence-corrected chi connectivity index (χ3v) is 3.32. The van der Waals surface area contributed by atoms with Gasteiger partial charge in [-0.3, -0.25) is 0 Å². The monoisotopic (exact) mass is 140 g/mol. The van der Waals surface area contributed by atoms with Gasteiger partial charge in [-0.15, -0.1) is 0 Å². The molecule has 0 aliphatic carbocycles. The molecule has 1 unspecified atom stereocenters. The second-order valence-corrected chi connectivity index (χ2v) is 4.20. The predicted molar refractivity (Wildman–Crippen MR) is 47.1 cm³/mol. The smallest absolute Gasteiger partial charge is 0.000218 e. The maximum absolute atomic E-state index is 3.91. The van der Waals surface area contributed by atoms with Crippen LogP contribution in [0.4, 0.5) is 0 Å². The summed E-state index contributed by atoms with van der Waals surface area (Å²) in [6, 6.07) is 0. The molecule has 9 heavy (non-hydrogen) atoms. The number of allylic oxidation sites excluding steroid dienone is 2. The van der Waals surface area contributed by atoms with Gasteiger partial charge in [0.15, 0.2) is 0 Å². The zero-order chi connectivity index (χ0) is 6.85. The zero-order valence-electron chi connectivity index (χ0n) is 5.98. The van der Waals surface area contributed by atoms with Crippen molar-refractivity contribution in [3.8, 4) is 0 Å². The molecule has 1 rings (SSSR count). The lowest BCUT2D eigenvalue weighted by Crippen LogP contribution is -1.74. The van der Waals surface area contributed by atoms with Crippen LogP contribution in [0.15, 0.2) is 23.1 Å². The first-order valence-corrected chi connectivity index (χ1v) is 4.75. The molecule has 0 saturated heterocycles. The van der Waals surface area contributed by atoms with E-state index >= 15 is 0 Å². The van der Waals surface area contributed by atoms with Crippen LogP contribution in [0.5, 0.6) is 0 Å². The van der Waals surface area contributed by atoms with E-state index < -0.39 is 0 Å². The highest BCUT2D eigenvalue weighted by Gasteiger charge is 2.02. The van der Waals surface area contributed by atoms with Gasteiger partial charge in [0.2, 0.25) is 0 Å². The lowest BCUT2D eigenvalue weighted by atomic mass is 10.3. The Morgan fingerprint density at radius 1 is 1.78 bits per heavy atom. The van der Waals surface area contributed by atoms with E-state index in [4.69, 9.17) is 0 Å². The van der Waals surface area contributed by atoms with Crippen LogP contribution in [0.25, 0.3) is 0 Å². The van der Waals surface area contributed by atoms with Gasteiger partial charge in [-0.2, -0.15) is 10.5 Å². The molecular formula is C8H12S. The van der Waals surface area contributed by atoms with Crippen LogP contribution in [-0.2, 0) is 0 Å². The Balaban J connectivity index is 2.84. The quantitative estimate of drug-likeness (QED) is 0.491. The first-order valence-electron chi connectivity index (χ1n) is 3.06. The molecule has 1 aliphatic heterocycles. The molecule has 1 aliphatic rings. The highest BCUT2D eigenvalue weighted by Crippen LogP contribution is 2.31. The van der Waals surface area contributed by atoms with Gasteiger partial charge in [0.1, 0.15) is 0 Å². The molecular weight excluding hydrogens is 128 g/mol.